The van der Waals surface area contributed by atoms with Crippen molar-refractivity contribution in [3.05, 3.63) is 76.4 Å². The van der Waals surface area contributed by atoms with Gasteiger partial charge in [0.05, 0.1) is 17.8 Å². The van der Waals surface area contributed by atoms with Crippen molar-refractivity contribution in [1.82, 2.24) is 4.98 Å². The molecule has 0 aliphatic carbocycles. The molecule has 0 spiro atoms. The third-order valence-corrected chi connectivity index (χ3v) is 4.09. The average molecular weight is 388 g/mol. The number of pyridine rings is 1. The van der Waals surface area contributed by atoms with Crippen LogP contribution in [-0.4, -0.2) is 18.0 Å². The summed E-state index contributed by atoms with van der Waals surface area (Å²) in [4.78, 5) is 16.7. The van der Waals surface area contributed by atoms with E-state index in [2.05, 4.69) is 15.6 Å². The highest BCUT2D eigenvalue weighted by Gasteiger charge is 2.10. The van der Waals surface area contributed by atoms with E-state index in [1.807, 2.05) is 24.3 Å². The van der Waals surface area contributed by atoms with Gasteiger partial charge in [-0.2, -0.15) is 0 Å². The Hall–Kier alpha value is -2.76. The quantitative estimate of drug-likeness (QED) is 0.615. The Bertz CT molecular complexity index is 948. The topological polar surface area (TPSA) is 63.2 Å². The van der Waals surface area contributed by atoms with E-state index in [0.717, 1.165) is 11.4 Å². The third-order valence-electron chi connectivity index (χ3n) is 3.54. The van der Waals surface area contributed by atoms with Crippen LogP contribution in [0.4, 0.5) is 17.2 Å². The lowest BCUT2D eigenvalue weighted by atomic mass is 10.2. The van der Waals surface area contributed by atoms with Crippen LogP contribution in [-0.2, 0) is 0 Å². The van der Waals surface area contributed by atoms with E-state index in [4.69, 9.17) is 27.9 Å². The number of ether oxygens (including phenoxy) is 1. The van der Waals surface area contributed by atoms with Crippen LogP contribution < -0.4 is 15.4 Å². The predicted octanol–water partition coefficient (Wildman–Crippen LogP) is 5.39. The molecule has 132 valence electrons. The Kier molecular flexibility index (Phi) is 5.61. The molecule has 3 rings (SSSR count). The molecule has 0 aliphatic heterocycles. The monoisotopic (exact) mass is 387 g/mol. The van der Waals surface area contributed by atoms with E-state index in [0.29, 0.717) is 27.1 Å². The zero-order chi connectivity index (χ0) is 18.5. The molecule has 2 aromatic carbocycles. The molecule has 1 heterocycles. The molecule has 7 heteroatoms. The molecule has 2 N–H and O–H groups in total. The molecule has 5 nitrogen and oxygen atoms in total. The summed E-state index contributed by atoms with van der Waals surface area (Å²) in [5.74, 6) is 0.958. The van der Waals surface area contributed by atoms with Gasteiger partial charge in [-0.3, -0.25) is 4.79 Å². The first-order valence-electron chi connectivity index (χ1n) is 7.69. The minimum absolute atomic E-state index is 0.301. The zero-order valence-electron chi connectivity index (χ0n) is 13.8. The molecule has 0 bridgehead atoms. The lowest BCUT2D eigenvalue weighted by Gasteiger charge is -2.10. The maximum absolute atomic E-state index is 12.5. The molecule has 0 atom stereocenters. The normalized spacial score (nSPS) is 10.3. The molecule has 1 aromatic heterocycles. The Morgan fingerprint density at radius 3 is 2.69 bits per heavy atom. The van der Waals surface area contributed by atoms with Crippen LogP contribution >= 0.6 is 23.2 Å². The summed E-state index contributed by atoms with van der Waals surface area (Å²) in [5.41, 5.74) is 1.73. The number of methoxy groups -OCH3 is 1. The van der Waals surface area contributed by atoms with Crippen molar-refractivity contribution in [2.45, 2.75) is 0 Å². The molecular weight excluding hydrogens is 373 g/mol. The number of hydrogen-bond donors (Lipinski definition) is 2. The number of carbonyl (C=O) groups excluding carboxylic acids is 1. The minimum Gasteiger partial charge on any atom is -0.497 e. The van der Waals surface area contributed by atoms with Crippen molar-refractivity contribution in [2.24, 2.45) is 0 Å². The number of nitrogens with zero attached hydrogens (tertiary/aromatic N) is 1. The van der Waals surface area contributed by atoms with Gasteiger partial charge in [-0.25, -0.2) is 4.98 Å². The molecule has 0 fully saturated rings. The predicted molar refractivity (Wildman–Crippen MR) is 105 cm³/mol. The number of nitrogens with one attached hydrogen (secondary N) is 2. The van der Waals surface area contributed by atoms with Crippen LogP contribution in [0.15, 0.2) is 60.8 Å². The van der Waals surface area contributed by atoms with E-state index in [1.54, 1.807) is 43.6 Å². The summed E-state index contributed by atoms with van der Waals surface area (Å²) in [6.45, 7) is 0. The zero-order valence-corrected chi connectivity index (χ0v) is 15.3. The summed E-state index contributed by atoms with van der Waals surface area (Å²) < 4.78 is 5.19. The van der Waals surface area contributed by atoms with Gasteiger partial charge in [0.25, 0.3) is 5.91 Å². The van der Waals surface area contributed by atoms with Crippen LogP contribution in [0.3, 0.4) is 0 Å². The molecular formula is C19H15Cl2N3O2. The highest BCUT2D eigenvalue weighted by Crippen LogP contribution is 2.26. The SMILES string of the molecule is COc1cccc(Nc2cc(C(=O)Nc3ccc(Cl)cc3Cl)ccn2)c1. The molecule has 0 saturated heterocycles. The number of rotatable bonds is 5. The molecule has 0 radical (unpaired) electrons. The van der Waals surface area contributed by atoms with Gasteiger partial charge in [-0.05, 0) is 42.5 Å². The van der Waals surface area contributed by atoms with Gasteiger partial charge >= 0.3 is 0 Å². The second kappa shape index (κ2) is 8.08. The Morgan fingerprint density at radius 2 is 1.92 bits per heavy atom. The van der Waals surface area contributed by atoms with Gasteiger partial charge in [0.1, 0.15) is 11.6 Å². The number of carbonyl (C=O) groups is 1. The molecule has 0 saturated carbocycles. The number of halogens is 2. The number of amides is 1. The van der Waals surface area contributed by atoms with Crippen LogP contribution in [0.5, 0.6) is 5.75 Å². The number of aromatic nitrogens is 1. The lowest BCUT2D eigenvalue weighted by molar-refractivity contribution is 0.102. The van der Waals surface area contributed by atoms with Gasteiger partial charge in [-0.15, -0.1) is 0 Å². The van der Waals surface area contributed by atoms with Crippen LogP contribution in [0.25, 0.3) is 0 Å². The molecule has 0 aliphatic rings. The van der Waals surface area contributed by atoms with E-state index in [9.17, 15) is 4.79 Å². The van der Waals surface area contributed by atoms with E-state index in [-0.39, 0.29) is 5.91 Å². The fraction of sp³-hybridized carbons (Fsp3) is 0.0526. The fourth-order valence-corrected chi connectivity index (χ4v) is 2.73. The first kappa shape index (κ1) is 18.0. The lowest BCUT2D eigenvalue weighted by Crippen LogP contribution is -2.12. The number of anilines is 3. The standard InChI is InChI=1S/C19H15Cl2N3O2/c1-26-15-4-2-3-14(11-15)23-18-9-12(7-8-22-18)19(25)24-17-6-5-13(20)10-16(17)21/h2-11H,1H3,(H,22,23)(H,24,25). The van der Waals surface area contributed by atoms with Crippen LogP contribution in [0, 0.1) is 0 Å². The van der Waals surface area contributed by atoms with Crippen molar-refractivity contribution >= 4 is 46.3 Å². The van der Waals surface area contributed by atoms with Crippen molar-refractivity contribution in [3.63, 3.8) is 0 Å². The van der Waals surface area contributed by atoms with Gasteiger partial charge in [0, 0.05) is 28.5 Å². The molecule has 26 heavy (non-hydrogen) atoms. The first-order valence-corrected chi connectivity index (χ1v) is 8.44. The Morgan fingerprint density at radius 1 is 1.08 bits per heavy atom. The summed E-state index contributed by atoms with van der Waals surface area (Å²) in [7, 11) is 1.60. The van der Waals surface area contributed by atoms with Crippen molar-refractivity contribution in [2.75, 3.05) is 17.7 Å². The third kappa shape index (κ3) is 4.45. The van der Waals surface area contributed by atoms with E-state index >= 15 is 0 Å². The van der Waals surface area contributed by atoms with Gasteiger partial charge in [0.15, 0.2) is 0 Å². The highest BCUT2D eigenvalue weighted by atomic mass is 35.5. The fourth-order valence-electron chi connectivity index (χ4n) is 2.27. The summed E-state index contributed by atoms with van der Waals surface area (Å²) in [6, 6.07) is 15.6. The van der Waals surface area contributed by atoms with E-state index < -0.39 is 0 Å². The van der Waals surface area contributed by atoms with Crippen LogP contribution in [0.2, 0.25) is 10.0 Å². The van der Waals surface area contributed by atoms with Crippen molar-refractivity contribution in [1.29, 1.82) is 0 Å². The van der Waals surface area contributed by atoms with Gasteiger partial charge in [0.2, 0.25) is 0 Å². The number of benzene rings is 2. The van der Waals surface area contributed by atoms with Crippen molar-refractivity contribution in [3.8, 4) is 5.75 Å². The average Bonchev–Trinajstić information content (AvgIpc) is 2.64. The van der Waals surface area contributed by atoms with Gasteiger partial charge in [-0.1, -0.05) is 29.3 Å². The molecule has 3 aromatic rings. The summed E-state index contributed by atoms with van der Waals surface area (Å²) >= 11 is 12.0. The molecule has 1 amide bonds. The first-order chi connectivity index (χ1) is 12.5. The second-order valence-corrected chi connectivity index (χ2v) is 6.21. The summed E-state index contributed by atoms with van der Waals surface area (Å²) in [5, 5.41) is 6.77. The highest BCUT2D eigenvalue weighted by molar-refractivity contribution is 6.36. The van der Waals surface area contributed by atoms with Gasteiger partial charge < -0.3 is 15.4 Å². The van der Waals surface area contributed by atoms with Crippen molar-refractivity contribution < 1.29 is 9.53 Å². The minimum atomic E-state index is -0.301. The largest absolute Gasteiger partial charge is 0.497 e. The molecule has 0 unspecified atom stereocenters. The van der Waals surface area contributed by atoms with E-state index in [1.165, 1.54) is 0 Å². The summed E-state index contributed by atoms with van der Waals surface area (Å²) in [6.07, 6.45) is 1.56. The maximum Gasteiger partial charge on any atom is 0.255 e. The Balaban J connectivity index is 1.76. The smallest absolute Gasteiger partial charge is 0.255 e. The maximum atomic E-state index is 12.5. The van der Waals surface area contributed by atoms with Crippen LogP contribution in [0.1, 0.15) is 10.4 Å². The second-order valence-electron chi connectivity index (χ2n) is 5.37. The number of hydrogen-bond acceptors (Lipinski definition) is 4. The Labute approximate surface area is 160 Å².